The third kappa shape index (κ3) is 3.44. The summed E-state index contributed by atoms with van der Waals surface area (Å²) in [7, 11) is 0. The van der Waals surface area contributed by atoms with E-state index in [4.69, 9.17) is 0 Å². The number of nitrogens with zero attached hydrogens (tertiary/aromatic N) is 2. The third-order valence-corrected chi connectivity index (χ3v) is 3.01. The van der Waals surface area contributed by atoms with Gasteiger partial charge in [0.05, 0.1) is 0 Å². The fourth-order valence-electron chi connectivity index (χ4n) is 2.10. The lowest BCUT2D eigenvalue weighted by atomic mass is 10.2. The normalized spacial score (nSPS) is 10.5. The summed E-state index contributed by atoms with van der Waals surface area (Å²) in [5.74, 6) is 0.760. The minimum atomic E-state index is 0.0102. The van der Waals surface area contributed by atoms with Gasteiger partial charge in [0.15, 0.2) is 0 Å². The number of aromatic nitrogens is 2. The second kappa shape index (κ2) is 5.69. The molecule has 2 aromatic rings. The van der Waals surface area contributed by atoms with Gasteiger partial charge in [-0.15, -0.1) is 0 Å². The molecule has 0 unspecified atom stereocenters. The molecule has 1 aromatic heterocycles. The van der Waals surface area contributed by atoms with Gasteiger partial charge in [-0.2, -0.15) is 0 Å². The van der Waals surface area contributed by atoms with Crippen LogP contribution in [0.3, 0.4) is 0 Å². The van der Waals surface area contributed by atoms with Gasteiger partial charge in [-0.3, -0.25) is 9.36 Å². The van der Waals surface area contributed by atoms with E-state index in [0.717, 1.165) is 17.2 Å². The van der Waals surface area contributed by atoms with Crippen molar-refractivity contribution in [2.75, 3.05) is 11.9 Å². The molecule has 1 N–H and O–H groups in total. The van der Waals surface area contributed by atoms with Gasteiger partial charge < -0.3 is 5.32 Å². The van der Waals surface area contributed by atoms with Crippen LogP contribution in [0.4, 0.5) is 5.69 Å². The van der Waals surface area contributed by atoms with Crippen molar-refractivity contribution in [2.45, 2.75) is 27.3 Å². The summed E-state index contributed by atoms with van der Waals surface area (Å²) >= 11 is 0. The number of hydrogen-bond acceptors (Lipinski definition) is 3. The van der Waals surface area contributed by atoms with Crippen LogP contribution in [-0.2, 0) is 6.54 Å². The molecule has 0 bridgehead atoms. The van der Waals surface area contributed by atoms with Gasteiger partial charge in [0.2, 0.25) is 0 Å². The first kappa shape index (κ1) is 13.3. The van der Waals surface area contributed by atoms with Crippen LogP contribution < -0.4 is 10.9 Å². The molecule has 19 heavy (non-hydrogen) atoms. The molecule has 0 atom stereocenters. The number of anilines is 1. The van der Waals surface area contributed by atoms with Gasteiger partial charge in [-0.25, -0.2) is 4.98 Å². The fraction of sp³-hybridized carbons (Fsp3) is 0.333. The Morgan fingerprint density at radius 3 is 2.68 bits per heavy atom. The quantitative estimate of drug-likeness (QED) is 0.914. The van der Waals surface area contributed by atoms with E-state index in [1.54, 1.807) is 10.6 Å². The molecule has 4 nitrogen and oxygen atoms in total. The van der Waals surface area contributed by atoms with Gasteiger partial charge in [0, 0.05) is 30.5 Å². The van der Waals surface area contributed by atoms with Crippen molar-refractivity contribution in [1.82, 2.24) is 9.55 Å². The highest BCUT2D eigenvalue weighted by Crippen LogP contribution is 2.08. The fourth-order valence-corrected chi connectivity index (χ4v) is 2.10. The second-order valence-corrected chi connectivity index (χ2v) is 4.73. The first-order valence-corrected chi connectivity index (χ1v) is 6.42. The van der Waals surface area contributed by atoms with Crippen molar-refractivity contribution in [2.24, 2.45) is 0 Å². The van der Waals surface area contributed by atoms with Crippen LogP contribution in [0.5, 0.6) is 0 Å². The van der Waals surface area contributed by atoms with E-state index in [9.17, 15) is 4.79 Å². The minimum absolute atomic E-state index is 0.0102. The molecule has 100 valence electrons. The highest BCUT2D eigenvalue weighted by molar-refractivity contribution is 5.45. The number of rotatable bonds is 4. The van der Waals surface area contributed by atoms with Crippen molar-refractivity contribution in [3.63, 3.8) is 0 Å². The molecule has 0 saturated heterocycles. The first-order valence-electron chi connectivity index (χ1n) is 6.42. The SMILES string of the molecule is Cc1cccc(NCCn2c(C)nc(C)cc2=O)c1. The molecule has 0 radical (unpaired) electrons. The topological polar surface area (TPSA) is 46.9 Å². The zero-order chi connectivity index (χ0) is 13.8. The number of aryl methyl sites for hydroxylation is 3. The van der Waals surface area contributed by atoms with Gasteiger partial charge in [0.1, 0.15) is 5.82 Å². The second-order valence-electron chi connectivity index (χ2n) is 4.73. The minimum Gasteiger partial charge on any atom is -0.383 e. The lowest BCUT2D eigenvalue weighted by molar-refractivity contribution is 0.648. The van der Waals surface area contributed by atoms with Crippen LogP contribution in [-0.4, -0.2) is 16.1 Å². The van der Waals surface area contributed by atoms with Gasteiger partial charge in [0.25, 0.3) is 5.56 Å². The molecule has 1 aromatic carbocycles. The van der Waals surface area contributed by atoms with Crippen LogP contribution in [0, 0.1) is 20.8 Å². The van der Waals surface area contributed by atoms with Gasteiger partial charge in [-0.05, 0) is 38.5 Å². The molecular formula is C15H19N3O. The van der Waals surface area contributed by atoms with Crippen molar-refractivity contribution < 1.29 is 0 Å². The molecule has 4 heteroatoms. The smallest absolute Gasteiger partial charge is 0.253 e. The molecule has 0 aliphatic carbocycles. The molecule has 0 aliphatic rings. The van der Waals surface area contributed by atoms with Gasteiger partial charge >= 0.3 is 0 Å². The molecule has 0 saturated carbocycles. The summed E-state index contributed by atoms with van der Waals surface area (Å²) < 4.78 is 1.69. The summed E-state index contributed by atoms with van der Waals surface area (Å²) in [5, 5.41) is 3.32. The first-order chi connectivity index (χ1) is 9.06. The van der Waals surface area contributed by atoms with Crippen molar-refractivity contribution in [3.05, 3.63) is 57.8 Å². The van der Waals surface area contributed by atoms with E-state index in [1.165, 1.54) is 5.56 Å². The zero-order valence-electron chi connectivity index (χ0n) is 11.6. The lowest BCUT2D eigenvalue weighted by Gasteiger charge is -2.11. The van der Waals surface area contributed by atoms with E-state index in [-0.39, 0.29) is 5.56 Å². The summed E-state index contributed by atoms with van der Waals surface area (Å²) in [6, 6.07) is 9.75. The molecule has 1 heterocycles. The highest BCUT2D eigenvalue weighted by Gasteiger charge is 2.02. The molecule has 0 spiro atoms. The zero-order valence-corrected chi connectivity index (χ0v) is 11.6. The maximum Gasteiger partial charge on any atom is 0.253 e. The maximum absolute atomic E-state index is 11.9. The predicted molar refractivity (Wildman–Crippen MR) is 77.6 cm³/mol. The van der Waals surface area contributed by atoms with E-state index in [2.05, 4.69) is 29.4 Å². The Hall–Kier alpha value is -2.10. The third-order valence-electron chi connectivity index (χ3n) is 3.01. The summed E-state index contributed by atoms with van der Waals surface area (Å²) in [5.41, 5.74) is 3.07. The van der Waals surface area contributed by atoms with E-state index < -0.39 is 0 Å². The Morgan fingerprint density at radius 2 is 2.00 bits per heavy atom. The van der Waals surface area contributed by atoms with Crippen molar-refractivity contribution in [3.8, 4) is 0 Å². The number of hydrogen-bond donors (Lipinski definition) is 1. The summed E-state index contributed by atoms with van der Waals surface area (Å²) in [6.45, 7) is 7.08. The Balaban J connectivity index is 2.02. The average molecular weight is 257 g/mol. The number of benzene rings is 1. The highest BCUT2D eigenvalue weighted by atomic mass is 16.1. The van der Waals surface area contributed by atoms with E-state index in [0.29, 0.717) is 13.1 Å². The van der Waals surface area contributed by atoms with Crippen LogP contribution >= 0.6 is 0 Å². The van der Waals surface area contributed by atoms with Crippen LogP contribution in [0.2, 0.25) is 0 Å². The Bertz CT molecular complexity index is 632. The van der Waals surface area contributed by atoms with Crippen LogP contribution in [0.25, 0.3) is 0 Å². The van der Waals surface area contributed by atoms with E-state index >= 15 is 0 Å². The van der Waals surface area contributed by atoms with Crippen LogP contribution in [0.1, 0.15) is 17.1 Å². The Kier molecular flexibility index (Phi) is 4.00. The molecule has 0 amide bonds. The maximum atomic E-state index is 11.9. The molecular weight excluding hydrogens is 238 g/mol. The monoisotopic (exact) mass is 257 g/mol. The average Bonchev–Trinajstić information content (AvgIpc) is 2.32. The van der Waals surface area contributed by atoms with E-state index in [1.807, 2.05) is 26.0 Å². The lowest BCUT2D eigenvalue weighted by Crippen LogP contribution is -2.26. The number of nitrogens with one attached hydrogen (secondary N) is 1. The standard InChI is InChI=1S/C15H19N3O/c1-11-5-4-6-14(9-11)16-7-8-18-13(3)17-12(2)10-15(18)19/h4-6,9-10,16H,7-8H2,1-3H3. The molecule has 0 aliphatic heterocycles. The Labute approximate surface area is 113 Å². The van der Waals surface area contributed by atoms with Crippen molar-refractivity contribution in [1.29, 1.82) is 0 Å². The summed E-state index contributed by atoms with van der Waals surface area (Å²) in [4.78, 5) is 16.2. The summed E-state index contributed by atoms with van der Waals surface area (Å²) in [6.07, 6.45) is 0. The molecule has 2 rings (SSSR count). The largest absolute Gasteiger partial charge is 0.383 e. The molecule has 0 fully saturated rings. The predicted octanol–water partition coefficient (Wildman–Crippen LogP) is 2.28. The van der Waals surface area contributed by atoms with Crippen molar-refractivity contribution >= 4 is 5.69 Å². The van der Waals surface area contributed by atoms with Crippen LogP contribution in [0.15, 0.2) is 35.1 Å². The van der Waals surface area contributed by atoms with Gasteiger partial charge in [-0.1, -0.05) is 12.1 Å². The Morgan fingerprint density at radius 1 is 1.21 bits per heavy atom.